The van der Waals surface area contributed by atoms with E-state index >= 15 is 0 Å². The molecule has 0 aromatic heterocycles. The Morgan fingerprint density at radius 2 is 2.08 bits per heavy atom. The summed E-state index contributed by atoms with van der Waals surface area (Å²) in [6.07, 6.45) is 1.37. The minimum absolute atomic E-state index is 0.565. The number of nitriles is 1. The summed E-state index contributed by atoms with van der Waals surface area (Å²) in [7, 11) is 0. The van der Waals surface area contributed by atoms with Crippen molar-refractivity contribution in [3.05, 3.63) is 32.7 Å². The van der Waals surface area contributed by atoms with Gasteiger partial charge >= 0.3 is 0 Å². The Labute approximate surface area is 88.7 Å². The maximum Gasteiger partial charge on any atom is 0.0625 e. The van der Waals surface area contributed by atoms with Gasteiger partial charge < -0.3 is 0 Å². The van der Waals surface area contributed by atoms with Crippen molar-refractivity contribution in [1.29, 1.82) is 5.26 Å². The van der Waals surface area contributed by atoms with Crippen molar-refractivity contribution < 1.29 is 0 Å². The lowest BCUT2D eigenvalue weighted by atomic mass is 10.1. The fourth-order valence-electron chi connectivity index (χ4n) is 0.925. The molecule has 0 aliphatic heterocycles. The van der Waals surface area contributed by atoms with Crippen LogP contribution in [0.1, 0.15) is 12.0 Å². The first kappa shape index (κ1) is 9.76. The summed E-state index contributed by atoms with van der Waals surface area (Å²) in [6, 6.07) is 8.11. The van der Waals surface area contributed by atoms with Crippen LogP contribution in [0.2, 0.25) is 0 Å². The first-order valence-corrected chi connectivity index (χ1v) is 5.13. The van der Waals surface area contributed by atoms with E-state index in [1.807, 2.05) is 18.2 Å². The highest BCUT2D eigenvalue weighted by Crippen LogP contribution is 2.22. The second kappa shape index (κ2) is 4.64. The fourth-order valence-corrected chi connectivity index (χ4v) is 1.78. The number of hydrogen-bond acceptors (Lipinski definition) is 1. The standard InChI is InChI=1S/C9H7Br2N/c10-8-3-4-9(11)7(6-8)2-1-5-12/h3-4,6H,1-2H2. The van der Waals surface area contributed by atoms with Crippen LogP contribution in [0.3, 0.4) is 0 Å². The molecule has 0 spiro atoms. The van der Waals surface area contributed by atoms with E-state index in [0.29, 0.717) is 6.42 Å². The monoisotopic (exact) mass is 287 g/mol. The predicted molar refractivity (Wildman–Crippen MR) is 55.8 cm³/mol. The van der Waals surface area contributed by atoms with Crippen LogP contribution >= 0.6 is 31.9 Å². The molecule has 0 fully saturated rings. The summed E-state index contributed by atoms with van der Waals surface area (Å²) in [5.74, 6) is 0. The Morgan fingerprint density at radius 1 is 1.33 bits per heavy atom. The van der Waals surface area contributed by atoms with Crippen LogP contribution in [-0.2, 0) is 6.42 Å². The third kappa shape index (κ3) is 2.62. The number of rotatable bonds is 2. The van der Waals surface area contributed by atoms with Gasteiger partial charge in [0.05, 0.1) is 6.07 Å². The normalized spacial score (nSPS) is 9.42. The molecule has 0 N–H and O–H groups in total. The highest BCUT2D eigenvalue weighted by molar-refractivity contribution is 9.11. The van der Waals surface area contributed by atoms with Gasteiger partial charge in [-0.15, -0.1) is 0 Å². The smallest absolute Gasteiger partial charge is 0.0625 e. The zero-order valence-electron chi connectivity index (χ0n) is 6.35. The number of hydrogen-bond donors (Lipinski definition) is 0. The lowest BCUT2D eigenvalue weighted by Crippen LogP contribution is -1.85. The molecule has 0 atom stereocenters. The van der Waals surface area contributed by atoms with Crippen LogP contribution in [0.5, 0.6) is 0 Å². The molecule has 0 heterocycles. The Balaban J connectivity index is 2.84. The van der Waals surface area contributed by atoms with Gasteiger partial charge in [0.15, 0.2) is 0 Å². The van der Waals surface area contributed by atoms with Crippen molar-refractivity contribution >= 4 is 31.9 Å². The maximum absolute atomic E-state index is 8.41. The quantitative estimate of drug-likeness (QED) is 0.815. The topological polar surface area (TPSA) is 23.8 Å². The number of halogens is 2. The van der Waals surface area contributed by atoms with E-state index in [-0.39, 0.29) is 0 Å². The molecule has 0 unspecified atom stereocenters. The summed E-state index contributed by atoms with van der Waals surface area (Å²) in [6.45, 7) is 0. The van der Waals surface area contributed by atoms with Gasteiger partial charge in [-0.3, -0.25) is 0 Å². The molecule has 0 aliphatic carbocycles. The highest BCUT2D eigenvalue weighted by atomic mass is 79.9. The largest absolute Gasteiger partial charge is 0.198 e. The van der Waals surface area contributed by atoms with Crippen molar-refractivity contribution in [2.24, 2.45) is 0 Å². The minimum atomic E-state index is 0.565. The van der Waals surface area contributed by atoms with Crippen LogP contribution in [0.15, 0.2) is 27.1 Å². The molecular formula is C9H7Br2N. The third-order valence-corrected chi connectivity index (χ3v) is 2.78. The van der Waals surface area contributed by atoms with Crippen molar-refractivity contribution in [2.45, 2.75) is 12.8 Å². The Kier molecular flexibility index (Phi) is 3.77. The summed E-state index contributed by atoms with van der Waals surface area (Å²) >= 11 is 6.81. The Bertz CT molecular complexity index is 315. The average molecular weight is 289 g/mol. The van der Waals surface area contributed by atoms with E-state index in [9.17, 15) is 0 Å². The van der Waals surface area contributed by atoms with Crippen LogP contribution < -0.4 is 0 Å². The molecule has 12 heavy (non-hydrogen) atoms. The summed E-state index contributed by atoms with van der Waals surface area (Å²) < 4.78 is 2.12. The number of benzene rings is 1. The molecule has 3 heteroatoms. The number of aryl methyl sites for hydroxylation is 1. The highest BCUT2D eigenvalue weighted by Gasteiger charge is 1.99. The van der Waals surface area contributed by atoms with Gasteiger partial charge in [-0.2, -0.15) is 5.26 Å². The summed E-state index contributed by atoms with van der Waals surface area (Å²) in [5, 5.41) is 8.41. The van der Waals surface area contributed by atoms with Crippen LogP contribution in [-0.4, -0.2) is 0 Å². The van der Waals surface area contributed by atoms with E-state index < -0.39 is 0 Å². The maximum atomic E-state index is 8.41. The van der Waals surface area contributed by atoms with E-state index in [0.717, 1.165) is 15.4 Å². The Morgan fingerprint density at radius 3 is 2.75 bits per heavy atom. The van der Waals surface area contributed by atoms with Crippen molar-refractivity contribution in [3.8, 4) is 6.07 Å². The van der Waals surface area contributed by atoms with Crippen molar-refractivity contribution in [2.75, 3.05) is 0 Å². The lowest BCUT2D eigenvalue weighted by Gasteiger charge is -2.01. The summed E-state index contributed by atoms with van der Waals surface area (Å²) in [4.78, 5) is 0. The van der Waals surface area contributed by atoms with E-state index in [1.165, 1.54) is 5.56 Å². The molecule has 1 rings (SSSR count). The van der Waals surface area contributed by atoms with E-state index in [1.54, 1.807) is 0 Å². The molecule has 62 valence electrons. The van der Waals surface area contributed by atoms with Gasteiger partial charge in [0.2, 0.25) is 0 Å². The average Bonchev–Trinajstić information content (AvgIpc) is 2.07. The molecule has 0 saturated heterocycles. The molecular weight excluding hydrogens is 282 g/mol. The molecule has 0 bridgehead atoms. The van der Waals surface area contributed by atoms with Gasteiger partial charge in [0.1, 0.15) is 0 Å². The fraction of sp³-hybridized carbons (Fsp3) is 0.222. The zero-order chi connectivity index (χ0) is 8.97. The minimum Gasteiger partial charge on any atom is -0.198 e. The second-order valence-corrected chi connectivity index (χ2v) is 4.16. The SMILES string of the molecule is N#CCCc1cc(Br)ccc1Br. The first-order chi connectivity index (χ1) is 5.74. The molecule has 1 aromatic rings. The van der Waals surface area contributed by atoms with Crippen LogP contribution in [0.25, 0.3) is 0 Å². The molecule has 1 aromatic carbocycles. The molecule has 0 saturated carbocycles. The van der Waals surface area contributed by atoms with Gasteiger partial charge in [-0.05, 0) is 30.2 Å². The lowest BCUT2D eigenvalue weighted by molar-refractivity contribution is 1.00. The van der Waals surface area contributed by atoms with Gasteiger partial charge in [0.25, 0.3) is 0 Å². The van der Waals surface area contributed by atoms with Crippen LogP contribution in [0, 0.1) is 11.3 Å². The number of nitrogens with zero attached hydrogens (tertiary/aromatic N) is 1. The first-order valence-electron chi connectivity index (χ1n) is 3.55. The third-order valence-electron chi connectivity index (χ3n) is 1.51. The molecule has 0 amide bonds. The van der Waals surface area contributed by atoms with Crippen LogP contribution in [0.4, 0.5) is 0 Å². The zero-order valence-corrected chi connectivity index (χ0v) is 9.52. The van der Waals surface area contributed by atoms with Gasteiger partial charge in [-0.25, -0.2) is 0 Å². The van der Waals surface area contributed by atoms with Crippen molar-refractivity contribution in [1.82, 2.24) is 0 Å². The Hall–Kier alpha value is -0.330. The van der Waals surface area contributed by atoms with E-state index in [4.69, 9.17) is 5.26 Å². The van der Waals surface area contributed by atoms with Gasteiger partial charge in [-0.1, -0.05) is 31.9 Å². The molecule has 1 nitrogen and oxygen atoms in total. The second-order valence-electron chi connectivity index (χ2n) is 2.39. The van der Waals surface area contributed by atoms with Crippen molar-refractivity contribution in [3.63, 3.8) is 0 Å². The van der Waals surface area contributed by atoms with E-state index in [2.05, 4.69) is 37.9 Å². The molecule has 0 radical (unpaired) electrons. The predicted octanol–water partition coefficient (Wildman–Crippen LogP) is 3.67. The van der Waals surface area contributed by atoms with Gasteiger partial charge in [0, 0.05) is 15.4 Å². The molecule has 0 aliphatic rings. The summed E-state index contributed by atoms with van der Waals surface area (Å²) in [5.41, 5.74) is 1.17.